The first-order chi connectivity index (χ1) is 11.8. The molecule has 1 saturated heterocycles. The van der Waals surface area contributed by atoms with E-state index in [0.29, 0.717) is 11.4 Å². The number of hydrogen-bond donors (Lipinski definition) is 0. The minimum Gasteiger partial charge on any atom is -0.329 e. The number of rotatable bonds is 4. The van der Waals surface area contributed by atoms with Crippen molar-refractivity contribution in [1.82, 2.24) is 19.7 Å². The van der Waals surface area contributed by atoms with Gasteiger partial charge in [-0.2, -0.15) is 5.10 Å². The third-order valence-corrected chi connectivity index (χ3v) is 7.20. The Morgan fingerprint density at radius 2 is 2.16 bits per heavy atom. The molecule has 1 amide bonds. The summed E-state index contributed by atoms with van der Waals surface area (Å²) in [5, 5.41) is 5.13. The third kappa shape index (κ3) is 3.77. The highest BCUT2D eigenvalue weighted by atomic mass is 32.2. The Hall–Kier alpha value is -1.74. The van der Waals surface area contributed by atoms with E-state index in [9.17, 15) is 13.2 Å². The molecule has 2 aromatic heterocycles. The Balaban J connectivity index is 1.92. The number of thiazole rings is 1. The van der Waals surface area contributed by atoms with Crippen LogP contribution < -0.4 is 0 Å². The Morgan fingerprint density at radius 1 is 1.40 bits per heavy atom. The normalized spacial score (nSPS) is 20.2. The summed E-state index contributed by atoms with van der Waals surface area (Å²) in [5.41, 5.74) is 0.757. The summed E-state index contributed by atoms with van der Waals surface area (Å²) in [5.74, 6) is 0.0252. The van der Waals surface area contributed by atoms with Crippen LogP contribution in [0, 0.1) is 0 Å². The van der Waals surface area contributed by atoms with Gasteiger partial charge in [0.05, 0.1) is 34.9 Å². The van der Waals surface area contributed by atoms with E-state index in [4.69, 9.17) is 0 Å². The molecular formula is C16H22N4O3S2. The van der Waals surface area contributed by atoms with Crippen molar-refractivity contribution in [2.45, 2.75) is 39.3 Å². The van der Waals surface area contributed by atoms with E-state index in [0.717, 1.165) is 10.6 Å². The first-order valence-corrected chi connectivity index (χ1v) is 10.9. The fourth-order valence-electron chi connectivity index (χ4n) is 2.85. The van der Waals surface area contributed by atoms with Crippen LogP contribution in [0.3, 0.4) is 0 Å². The zero-order chi connectivity index (χ0) is 18.2. The fourth-order valence-corrected chi connectivity index (χ4v) is 5.22. The van der Waals surface area contributed by atoms with Crippen molar-refractivity contribution in [3.05, 3.63) is 34.0 Å². The number of aromatic nitrogens is 3. The van der Waals surface area contributed by atoms with Crippen LogP contribution in [0.2, 0.25) is 0 Å². The molecule has 0 radical (unpaired) electrons. The van der Waals surface area contributed by atoms with E-state index in [1.807, 2.05) is 27.0 Å². The van der Waals surface area contributed by atoms with Gasteiger partial charge in [-0.25, -0.2) is 13.4 Å². The summed E-state index contributed by atoms with van der Waals surface area (Å²) in [6, 6.07) is -0.504. The van der Waals surface area contributed by atoms with Crippen molar-refractivity contribution in [2.24, 2.45) is 0 Å². The number of aryl methyl sites for hydroxylation is 1. The lowest BCUT2D eigenvalue weighted by Crippen LogP contribution is -2.45. The van der Waals surface area contributed by atoms with Crippen LogP contribution in [0.4, 0.5) is 0 Å². The minimum atomic E-state index is -3.18. The summed E-state index contributed by atoms with van der Waals surface area (Å²) < 4.78 is 26.0. The molecule has 0 N–H and O–H groups in total. The van der Waals surface area contributed by atoms with Crippen molar-refractivity contribution >= 4 is 27.1 Å². The van der Waals surface area contributed by atoms with Gasteiger partial charge in [0.25, 0.3) is 5.91 Å². The average molecular weight is 383 g/mol. The summed E-state index contributed by atoms with van der Waals surface area (Å²) in [6.07, 6.45) is 5.07. The van der Waals surface area contributed by atoms with Crippen LogP contribution in [0.25, 0.3) is 0 Å². The third-order valence-electron chi connectivity index (χ3n) is 4.28. The average Bonchev–Trinajstić information content (AvgIpc) is 3.23. The van der Waals surface area contributed by atoms with Crippen molar-refractivity contribution in [2.75, 3.05) is 18.1 Å². The summed E-state index contributed by atoms with van der Waals surface area (Å²) in [6.45, 7) is 6.91. The molecule has 7 nitrogen and oxygen atoms in total. The first-order valence-electron chi connectivity index (χ1n) is 8.30. The Labute approximate surface area is 151 Å². The van der Waals surface area contributed by atoms with Crippen molar-refractivity contribution in [3.63, 3.8) is 0 Å². The molecule has 3 heterocycles. The van der Waals surface area contributed by atoms with Crippen LogP contribution in [0.5, 0.6) is 0 Å². The van der Waals surface area contributed by atoms with Gasteiger partial charge in [-0.1, -0.05) is 13.8 Å². The summed E-state index contributed by atoms with van der Waals surface area (Å²) in [7, 11) is -3.18. The quantitative estimate of drug-likeness (QED) is 0.808. The maximum atomic E-state index is 13.0. The highest BCUT2D eigenvalue weighted by Gasteiger charge is 2.36. The van der Waals surface area contributed by atoms with Crippen LogP contribution in [-0.2, 0) is 16.4 Å². The molecule has 0 aliphatic carbocycles. The standard InChI is InChI=1S/C16H22N4O3S2/c1-4-19-9-12(7-18-19)13-10-25(22,23)6-5-20(13)16(21)14-8-17-15(24-14)11(2)3/h7-9,11,13H,4-6,10H2,1-3H3/t13-/m1/s1. The predicted molar refractivity (Wildman–Crippen MR) is 96.5 cm³/mol. The molecular weight excluding hydrogens is 360 g/mol. The molecule has 1 fully saturated rings. The van der Waals surface area contributed by atoms with E-state index in [2.05, 4.69) is 10.1 Å². The first kappa shape index (κ1) is 18.1. The molecule has 1 aliphatic heterocycles. The molecule has 1 atom stereocenters. The van der Waals surface area contributed by atoms with Crippen molar-refractivity contribution in [1.29, 1.82) is 0 Å². The molecule has 0 saturated carbocycles. The molecule has 25 heavy (non-hydrogen) atoms. The van der Waals surface area contributed by atoms with Gasteiger partial charge in [-0.15, -0.1) is 11.3 Å². The number of amides is 1. The number of hydrogen-bond acceptors (Lipinski definition) is 6. The number of sulfone groups is 1. The molecule has 0 aromatic carbocycles. The lowest BCUT2D eigenvalue weighted by atomic mass is 10.1. The Morgan fingerprint density at radius 3 is 2.76 bits per heavy atom. The lowest BCUT2D eigenvalue weighted by molar-refractivity contribution is 0.0702. The van der Waals surface area contributed by atoms with E-state index in [-0.39, 0.29) is 29.9 Å². The second-order valence-corrected chi connectivity index (χ2v) is 9.77. The molecule has 3 rings (SSSR count). The van der Waals surface area contributed by atoms with E-state index in [1.165, 1.54) is 11.3 Å². The zero-order valence-electron chi connectivity index (χ0n) is 14.5. The number of carbonyl (C=O) groups excluding carboxylic acids is 1. The molecule has 136 valence electrons. The van der Waals surface area contributed by atoms with Crippen LogP contribution in [0.1, 0.15) is 53.0 Å². The van der Waals surface area contributed by atoms with Gasteiger partial charge >= 0.3 is 0 Å². The van der Waals surface area contributed by atoms with Gasteiger partial charge in [0, 0.05) is 30.8 Å². The highest BCUT2D eigenvalue weighted by molar-refractivity contribution is 7.91. The topological polar surface area (TPSA) is 85.2 Å². The van der Waals surface area contributed by atoms with Crippen LogP contribution in [-0.4, -0.2) is 52.0 Å². The van der Waals surface area contributed by atoms with E-state index < -0.39 is 15.9 Å². The highest BCUT2D eigenvalue weighted by Crippen LogP contribution is 2.30. The van der Waals surface area contributed by atoms with Gasteiger partial charge < -0.3 is 4.90 Å². The fraction of sp³-hybridized carbons (Fsp3) is 0.562. The van der Waals surface area contributed by atoms with Gasteiger partial charge in [0.1, 0.15) is 4.88 Å². The SMILES string of the molecule is CCn1cc([C@H]2CS(=O)(=O)CCN2C(=O)c2cnc(C(C)C)s2)cn1. The lowest BCUT2D eigenvalue weighted by Gasteiger charge is -2.34. The maximum Gasteiger partial charge on any atom is 0.266 e. The van der Waals surface area contributed by atoms with Crippen molar-refractivity contribution < 1.29 is 13.2 Å². The second-order valence-electron chi connectivity index (χ2n) is 6.48. The molecule has 9 heteroatoms. The largest absolute Gasteiger partial charge is 0.329 e. The monoisotopic (exact) mass is 382 g/mol. The molecule has 0 unspecified atom stereocenters. The smallest absolute Gasteiger partial charge is 0.266 e. The number of nitrogens with zero attached hydrogens (tertiary/aromatic N) is 4. The van der Waals surface area contributed by atoms with Gasteiger partial charge in [-0.05, 0) is 6.92 Å². The number of carbonyl (C=O) groups is 1. The molecule has 1 aliphatic rings. The molecule has 2 aromatic rings. The Bertz CT molecular complexity index is 870. The summed E-state index contributed by atoms with van der Waals surface area (Å²) >= 11 is 1.38. The molecule has 0 bridgehead atoms. The van der Waals surface area contributed by atoms with E-state index in [1.54, 1.807) is 22.0 Å². The van der Waals surface area contributed by atoms with Gasteiger partial charge in [-0.3, -0.25) is 9.48 Å². The van der Waals surface area contributed by atoms with Crippen LogP contribution >= 0.6 is 11.3 Å². The maximum absolute atomic E-state index is 13.0. The second kappa shape index (κ2) is 6.87. The zero-order valence-corrected chi connectivity index (χ0v) is 16.2. The molecule has 0 spiro atoms. The van der Waals surface area contributed by atoms with Crippen molar-refractivity contribution in [3.8, 4) is 0 Å². The van der Waals surface area contributed by atoms with Gasteiger partial charge in [0.15, 0.2) is 9.84 Å². The minimum absolute atomic E-state index is 0.00695. The predicted octanol–water partition coefficient (Wildman–Crippen LogP) is 2.09. The Kier molecular flexibility index (Phi) is 4.97. The summed E-state index contributed by atoms with van der Waals surface area (Å²) in [4.78, 5) is 19.5. The van der Waals surface area contributed by atoms with Gasteiger partial charge in [0.2, 0.25) is 0 Å². The van der Waals surface area contributed by atoms with Crippen LogP contribution in [0.15, 0.2) is 18.6 Å². The van der Waals surface area contributed by atoms with E-state index >= 15 is 0 Å².